The Morgan fingerprint density at radius 2 is 1.97 bits per heavy atom. The molecule has 0 radical (unpaired) electrons. The van der Waals surface area contributed by atoms with Crippen LogP contribution >= 0.6 is 0 Å². The van der Waals surface area contributed by atoms with Gasteiger partial charge in [0.15, 0.2) is 5.78 Å². The maximum Gasteiger partial charge on any atom is 0.155 e. The molecule has 1 aliphatic carbocycles. The van der Waals surface area contributed by atoms with E-state index < -0.39 is 0 Å². The fourth-order valence-corrected chi connectivity index (χ4v) is 4.56. The Labute approximate surface area is 200 Å². The van der Waals surface area contributed by atoms with Crippen molar-refractivity contribution in [2.24, 2.45) is 17.3 Å². The van der Waals surface area contributed by atoms with Crippen LogP contribution in [0.5, 0.6) is 0 Å². The first-order valence-corrected chi connectivity index (χ1v) is 12.0. The van der Waals surface area contributed by atoms with Gasteiger partial charge in [0, 0.05) is 17.7 Å². The van der Waals surface area contributed by atoms with Gasteiger partial charge in [-0.1, -0.05) is 82.3 Å². The summed E-state index contributed by atoms with van der Waals surface area (Å²) < 4.78 is 5.96. The Hall–Kier alpha value is -2.94. The number of aromatic nitrogens is 1. The first-order chi connectivity index (χ1) is 15.9. The molecule has 0 bridgehead atoms. The van der Waals surface area contributed by atoms with E-state index >= 15 is 0 Å². The normalized spacial score (nSPS) is 18.8. The largest absolute Gasteiger partial charge is 0.498 e. The van der Waals surface area contributed by atoms with Gasteiger partial charge in [-0.15, -0.1) is 0 Å². The Morgan fingerprint density at radius 3 is 2.67 bits per heavy atom. The van der Waals surface area contributed by atoms with E-state index in [4.69, 9.17) is 9.72 Å². The number of allylic oxidation sites excluding steroid dienone is 8. The zero-order chi connectivity index (χ0) is 24.4. The second kappa shape index (κ2) is 12.3. The molecule has 0 fully saturated rings. The van der Waals surface area contributed by atoms with Crippen molar-refractivity contribution in [2.45, 2.75) is 54.9 Å². The minimum Gasteiger partial charge on any atom is -0.498 e. The third-order valence-electron chi connectivity index (χ3n) is 6.41. The van der Waals surface area contributed by atoms with Gasteiger partial charge in [-0.3, -0.25) is 9.78 Å². The molecule has 2 aromatic rings. The minimum atomic E-state index is -0.138. The molecule has 0 aliphatic heterocycles. The lowest BCUT2D eigenvalue weighted by molar-refractivity contribution is -0.112. The van der Waals surface area contributed by atoms with Gasteiger partial charge in [0.2, 0.25) is 0 Å². The summed E-state index contributed by atoms with van der Waals surface area (Å²) in [6.45, 7) is 14.6. The Balaban J connectivity index is 0.00000187. The van der Waals surface area contributed by atoms with Crippen molar-refractivity contribution < 1.29 is 9.53 Å². The SMILES string of the molecule is CC.CC=CC(C)(C1CC=CC=C1c1nccc2ccccc12)[C@H](C)CO/C(C)=C\C(C)=O. The molecule has 2 unspecified atom stereocenters. The molecule has 0 saturated heterocycles. The molecule has 33 heavy (non-hydrogen) atoms. The number of nitrogens with zero attached hydrogens (tertiary/aromatic N) is 1. The van der Waals surface area contributed by atoms with E-state index in [1.54, 1.807) is 13.0 Å². The van der Waals surface area contributed by atoms with Crippen LogP contribution in [0, 0.1) is 17.3 Å². The van der Waals surface area contributed by atoms with E-state index in [9.17, 15) is 4.79 Å². The first-order valence-electron chi connectivity index (χ1n) is 12.0. The highest BCUT2D eigenvalue weighted by atomic mass is 16.5. The highest BCUT2D eigenvalue weighted by molar-refractivity contribution is 5.93. The number of rotatable bonds is 8. The lowest BCUT2D eigenvalue weighted by atomic mass is 9.63. The van der Waals surface area contributed by atoms with Crippen molar-refractivity contribution in [3.63, 3.8) is 0 Å². The van der Waals surface area contributed by atoms with Gasteiger partial charge in [-0.05, 0) is 61.5 Å². The summed E-state index contributed by atoms with van der Waals surface area (Å²) in [4.78, 5) is 16.2. The fraction of sp³-hybridized carbons (Fsp3) is 0.400. The second-order valence-corrected chi connectivity index (χ2v) is 8.66. The molecule has 176 valence electrons. The van der Waals surface area contributed by atoms with Crippen molar-refractivity contribution in [1.82, 2.24) is 4.98 Å². The summed E-state index contributed by atoms with van der Waals surface area (Å²) in [7, 11) is 0. The maximum atomic E-state index is 11.4. The van der Waals surface area contributed by atoms with Crippen LogP contribution in [-0.2, 0) is 9.53 Å². The fourth-order valence-electron chi connectivity index (χ4n) is 4.56. The number of ketones is 1. The van der Waals surface area contributed by atoms with Crippen LogP contribution in [0.3, 0.4) is 0 Å². The predicted molar refractivity (Wildman–Crippen MR) is 141 cm³/mol. The molecule has 3 nitrogen and oxygen atoms in total. The van der Waals surface area contributed by atoms with Gasteiger partial charge >= 0.3 is 0 Å². The molecule has 3 heteroatoms. The van der Waals surface area contributed by atoms with Crippen LogP contribution in [0.4, 0.5) is 0 Å². The van der Waals surface area contributed by atoms with E-state index in [-0.39, 0.29) is 23.0 Å². The molecule has 1 aliphatic rings. The highest BCUT2D eigenvalue weighted by Gasteiger charge is 2.40. The standard InChI is InChI=1S/C28H33NO2.C2H6/c1-6-16-28(5,20(2)19-31-22(4)18-21(3)30)26-14-10-9-13-25(26)27-24-12-8-7-11-23(24)15-17-29-27;1-2/h6-13,15-18,20,26H,14,19H2,1-5H3;1-2H3/b16-6?,22-18-;/t20-,26?,28?;/m1./s1. The minimum absolute atomic E-state index is 0.00559. The lowest BCUT2D eigenvalue weighted by Gasteiger charge is -2.42. The molecule has 3 rings (SSSR count). The van der Waals surface area contributed by atoms with E-state index in [1.807, 2.05) is 27.0 Å². The van der Waals surface area contributed by atoms with Crippen LogP contribution in [0.25, 0.3) is 16.3 Å². The van der Waals surface area contributed by atoms with Crippen molar-refractivity contribution in [2.75, 3.05) is 6.61 Å². The summed E-state index contributed by atoms with van der Waals surface area (Å²) in [5.74, 6) is 1.17. The number of hydrogen-bond acceptors (Lipinski definition) is 3. The lowest BCUT2D eigenvalue weighted by Crippen LogP contribution is -2.36. The maximum absolute atomic E-state index is 11.4. The summed E-state index contributed by atoms with van der Waals surface area (Å²) in [5, 5.41) is 2.39. The van der Waals surface area contributed by atoms with Crippen LogP contribution in [0.15, 0.2) is 78.7 Å². The number of hydrogen-bond donors (Lipinski definition) is 0. The van der Waals surface area contributed by atoms with Crippen LogP contribution < -0.4 is 0 Å². The van der Waals surface area contributed by atoms with Crippen LogP contribution in [0.2, 0.25) is 0 Å². The molecule has 0 saturated carbocycles. The van der Waals surface area contributed by atoms with E-state index in [1.165, 1.54) is 16.3 Å². The van der Waals surface area contributed by atoms with Gasteiger partial charge in [0.25, 0.3) is 0 Å². The quantitative estimate of drug-likeness (QED) is 0.235. The predicted octanol–water partition coefficient (Wildman–Crippen LogP) is 7.95. The average molecular weight is 446 g/mol. The third kappa shape index (κ3) is 6.31. The summed E-state index contributed by atoms with van der Waals surface area (Å²) in [5.41, 5.74) is 2.19. The van der Waals surface area contributed by atoms with Gasteiger partial charge in [0.05, 0.1) is 18.1 Å². The van der Waals surface area contributed by atoms with Gasteiger partial charge in [-0.2, -0.15) is 0 Å². The third-order valence-corrected chi connectivity index (χ3v) is 6.41. The smallest absolute Gasteiger partial charge is 0.155 e. The number of benzene rings is 1. The van der Waals surface area contributed by atoms with Crippen molar-refractivity contribution in [1.29, 1.82) is 0 Å². The van der Waals surface area contributed by atoms with E-state index in [2.05, 4.69) is 81.5 Å². The van der Waals surface area contributed by atoms with Gasteiger partial charge in [0.1, 0.15) is 0 Å². The zero-order valence-electron chi connectivity index (χ0n) is 21.3. The van der Waals surface area contributed by atoms with Crippen molar-refractivity contribution in [3.05, 3.63) is 84.4 Å². The Bertz CT molecular complexity index is 1050. The van der Waals surface area contributed by atoms with E-state index in [0.29, 0.717) is 12.4 Å². The summed E-state index contributed by atoms with van der Waals surface area (Å²) in [6.07, 6.45) is 15.5. The van der Waals surface area contributed by atoms with E-state index in [0.717, 1.165) is 12.1 Å². The average Bonchev–Trinajstić information content (AvgIpc) is 2.83. The molecule has 1 heterocycles. The molecular weight excluding hydrogens is 406 g/mol. The number of pyridine rings is 1. The van der Waals surface area contributed by atoms with Gasteiger partial charge in [-0.25, -0.2) is 0 Å². The Kier molecular flexibility index (Phi) is 9.84. The highest BCUT2D eigenvalue weighted by Crippen LogP contribution is 2.48. The molecule has 0 amide bonds. The molecule has 3 atom stereocenters. The number of ether oxygens (including phenoxy) is 1. The molecular formula is C30H39NO2. The topological polar surface area (TPSA) is 39.2 Å². The summed E-state index contributed by atoms with van der Waals surface area (Å²) in [6, 6.07) is 10.5. The Morgan fingerprint density at radius 1 is 1.24 bits per heavy atom. The molecule has 1 aromatic carbocycles. The van der Waals surface area contributed by atoms with Crippen molar-refractivity contribution in [3.8, 4) is 0 Å². The number of fused-ring (bicyclic) bond motifs is 1. The number of carbonyl (C=O) groups is 1. The van der Waals surface area contributed by atoms with Crippen molar-refractivity contribution >= 4 is 22.1 Å². The second-order valence-electron chi connectivity index (χ2n) is 8.66. The molecule has 0 spiro atoms. The summed E-state index contributed by atoms with van der Waals surface area (Å²) >= 11 is 0. The molecule has 1 aromatic heterocycles. The number of carbonyl (C=O) groups excluding carboxylic acids is 1. The monoisotopic (exact) mass is 445 g/mol. The van der Waals surface area contributed by atoms with Gasteiger partial charge < -0.3 is 4.74 Å². The van der Waals surface area contributed by atoms with Crippen LogP contribution in [0.1, 0.15) is 60.6 Å². The molecule has 0 N–H and O–H groups in total. The first kappa shape index (κ1) is 26.3. The van der Waals surface area contributed by atoms with Crippen LogP contribution in [-0.4, -0.2) is 17.4 Å². The zero-order valence-corrected chi connectivity index (χ0v) is 21.3.